The number of carboxylic acids is 1. The summed E-state index contributed by atoms with van der Waals surface area (Å²) >= 11 is 4.13. The van der Waals surface area contributed by atoms with E-state index in [0.29, 0.717) is 25.8 Å². The van der Waals surface area contributed by atoms with Crippen molar-refractivity contribution >= 4 is 36.3 Å². The van der Waals surface area contributed by atoms with Crippen LogP contribution in [0.3, 0.4) is 0 Å². The second-order valence-corrected chi connectivity index (χ2v) is 8.90. The molecule has 0 aromatic heterocycles. The van der Waals surface area contributed by atoms with E-state index in [9.17, 15) is 24.3 Å². The van der Waals surface area contributed by atoms with E-state index in [1.807, 2.05) is 27.7 Å². The van der Waals surface area contributed by atoms with E-state index in [0.717, 1.165) is 6.42 Å². The van der Waals surface area contributed by atoms with Gasteiger partial charge in [0.25, 0.3) is 0 Å². The van der Waals surface area contributed by atoms with Gasteiger partial charge in [-0.25, -0.2) is 4.79 Å². The summed E-state index contributed by atoms with van der Waals surface area (Å²) in [5.41, 5.74) is 11.4. The minimum Gasteiger partial charge on any atom is -0.480 e. The Bertz CT molecular complexity index is 619. The molecule has 0 fully saturated rings. The predicted molar refractivity (Wildman–Crippen MR) is 127 cm³/mol. The average molecular weight is 476 g/mol. The Kier molecular flexibility index (Phi) is 15.0. The number of carboxylic acid groups (broad SMARTS) is 1. The fourth-order valence-corrected chi connectivity index (χ4v) is 3.28. The Morgan fingerprint density at radius 2 is 1.53 bits per heavy atom. The van der Waals surface area contributed by atoms with Gasteiger partial charge in [0.2, 0.25) is 17.7 Å². The lowest BCUT2D eigenvalue weighted by Gasteiger charge is -2.27. The molecule has 186 valence electrons. The summed E-state index contributed by atoms with van der Waals surface area (Å²) in [5.74, 6) is -2.99. The van der Waals surface area contributed by atoms with Crippen molar-refractivity contribution in [2.75, 3.05) is 12.3 Å². The number of amides is 3. The molecule has 32 heavy (non-hydrogen) atoms. The first-order chi connectivity index (χ1) is 15.0. The summed E-state index contributed by atoms with van der Waals surface area (Å²) in [7, 11) is 0. The largest absolute Gasteiger partial charge is 0.480 e. The Labute approximate surface area is 196 Å². The summed E-state index contributed by atoms with van der Waals surface area (Å²) in [4.78, 5) is 49.4. The van der Waals surface area contributed by atoms with E-state index in [1.54, 1.807) is 0 Å². The van der Waals surface area contributed by atoms with Crippen LogP contribution in [-0.4, -0.2) is 65.3 Å². The third kappa shape index (κ3) is 11.1. The molecular formula is C21H41N5O5S. The van der Waals surface area contributed by atoms with Crippen molar-refractivity contribution < 1.29 is 24.3 Å². The molecule has 0 aliphatic carbocycles. The third-order valence-electron chi connectivity index (χ3n) is 5.24. The van der Waals surface area contributed by atoms with E-state index in [-0.39, 0.29) is 24.0 Å². The van der Waals surface area contributed by atoms with Crippen molar-refractivity contribution in [2.45, 2.75) is 84.0 Å². The third-order valence-corrected chi connectivity index (χ3v) is 5.60. The highest BCUT2D eigenvalue weighted by Gasteiger charge is 2.32. The smallest absolute Gasteiger partial charge is 0.326 e. The zero-order chi connectivity index (χ0) is 24.8. The maximum atomic E-state index is 12.9. The molecule has 0 aromatic rings. The topological polar surface area (TPSA) is 177 Å². The molecule has 0 rings (SSSR count). The van der Waals surface area contributed by atoms with Gasteiger partial charge in [0.05, 0.1) is 6.04 Å². The number of unbranched alkanes of at least 4 members (excludes halogenated alkanes) is 1. The molecule has 8 N–H and O–H groups in total. The molecular weight excluding hydrogens is 434 g/mol. The van der Waals surface area contributed by atoms with Crippen LogP contribution in [-0.2, 0) is 19.2 Å². The van der Waals surface area contributed by atoms with Crippen LogP contribution in [0.15, 0.2) is 0 Å². The van der Waals surface area contributed by atoms with Crippen LogP contribution >= 0.6 is 12.6 Å². The fraction of sp³-hybridized carbons (Fsp3) is 0.810. The van der Waals surface area contributed by atoms with Gasteiger partial charge >= 0.3 is 5.97 Å². The van der Waals surface area contributed by atoms with Gasteiger partial charge in [-0.1, -0.05) is 40.5 Å². The highest BCUT2D eigenvalue weighted by molar-refractivity contribution is 7.80. The second-order valence-electron chi connectivity index (χ2n) is 8.54. The first-order valence-electron chi connectivity index (χ1n) is 11.2. The number of nitrogens with two attached hydrogens (primary N) is 2. The van der Waals surface area contributed by atoms with Gasteiger partial charge in [-0.2, -0.15) is 12.6 Å². The molecule has 5 atom stereocenters. The monoisotopic (exact) mass is 475 g/mol. The van der Waals surface area contributed by atoms with Crippen molar-refractivity contribution in [1.82, 2.24) is 16.0 Å². The molecule has 0 aromatic carbocycles. The summed E-state index contributed by atoms with van der Waals surface area (Å²) in [6.45, 7) is 7.90. The van der Waals surface area contributed by atoms with Crippen molar-refractivity contribution in [2.24, 2.45) is 23.3 Å². The fourth-order valence-electron chi connectivity index (χ4n) is 3.02. The van der Waals surface area contributed by atoms with Gasteiger partial charge in [0.15, 0.2) is 0 Å². The normalized spacial score (nSPS) is 15.9. The molecule has 10 nitrogen and oxygen atoms in total. The number of thiol groups is 1. The molecule has 0 spiro atoms. The maximum Gasteiger partial charge on any atom is 0.326 e. The van der Waals surface area contributed by atoms with E-state index in [4.69, 9.17) is 11.5 Å². The van der Waals surface area contributed by atoms with E-state index >= 15 is 0 Å². The van der Waals surface area contributed by atoms with Crippen LogP contribution in [0.5, 0.6) is 0 Å². The lowest BCUT2D eigenvalue weighted by atomic mass is 9.97. The molecule has 5 unspecified atom stereocenters. The zero-order valence-corrected chi connectivity index (χ0v) is 20.5. The summed E-state index contributed by atoms with van der Waals surface area (Å²) in [6.07, 6.45) is 2.76. The Hall–Kier alpha value is -1.85. The number of carbonyl (C=O) groups excluding carboxylic acids is 3. The van der Waals surface area contributed by atoms with Gasteiger partial charge in [0.1, 0.15) is 18.1 Å². The first kappa shape index (κ1) is 30.1. The van der Waals surface area contributed by atoms with E-state index < -0.39 is 47.9 Å². The van der Waals surface area contributed by atoms with Crippen LogP contribution in [0.25, 0.3) is 0 Å². The number of hydrogen-bond donors (Lipinski definition) is 7. The van der Waals surface area contributed by atoms with Crippen LogP contribution in [0.4, 0.5) is 0 Å². The molecule has 0 saturated heterocycles. The van der Waals surface area contributed by atoms with Crippen molar-refractivity contribution in [3.05, 3.63) is 0 Å². The second kappa shape index (κ2) is 15.9. The van der Waals surface area contributed by atoms with Gasteiger partial charge in [-0.3, -0.25) is 14.4 Å². The van der Waals surface area contributed by atoms with Gasteiger partial charge in [0, 0.05) is 5.75 Å². The van der Waals surface area contributed by atoms with Crippen LogP contribution < -0.4 is 27.4 Å². The summed E-state index contributed by atoms with van der Waals surface area (Å²) in [5, 5.41) is 17.1. The average Bonchev–Trinajstić information content (AvgIpc) is 2.73. The SMILES string of the molecule is CCC(C)C(NC(=O)C(N)CCCCN)C(=O)NC(CS)C(=O)NC(CC(C)C)C(=O)O. The molecule has 0 bridgehead atoms. The zero-order valence-electron chi connectivity index (χ0n) is 19.6. The number of carbonyl (C=O) groups is 4. The lowest BCUT2D eigenvalue weighted by Crippen LogP contribution is -2.59. The van der Waals surface area contributed by atoms with Crippen LogP contribution in [0.2, 0.25) is 0 Å². The number of hydrogen-bond acceptors (Lipinski definition) is 7. The van der Waals surface area contributed by atoms with Crippen molar-refractivity contribution in [3.63, 3.8) is 0 Å². The van der Waals surface area contributed by atoms with Crippen molar-refractivity contribution in [1.29, 1.82) is 0 Å². The lowest BCUT2D eigenvalue weighted by molar-refractivity contribution is -0.142. The van der Waals surface area contributed by atoms with Crippen molar-refractivity contribution in [3.8, 4) is 0 Å². The Morgan fingerprint density at radius 1 is 0.938 bits per heavy atom. The van der Waals surface area contributed by atoms with Gasteiger partial charge < -0.3 is 32.5 Å². The molecule has 0 aliphatic heterocycles. The minimum atomic E-state index is -1.15. The van der Waals surface area contributed by atoms with Gasteiger partial charge in [-0.05, 0) is 37.6 Å². The molecule has 3 amide bonds. The highest BCUT2D eigenvalue weighted by atomic mass is 32.1. The molecule has 0 heterocycles. The quantitative estimate of drug-likeness (QED) is 0.121. The molecule has 0 radical (unpaired) electrons. The summed E-state index contributed by atoms with van der Waals surface area (Å²) in [6, 6.07) is -3.79. The minimum absolute atomic E-state index is 0.0363. The van der Waals surface area contributed by atoms with Crippen LogP contribution in [0.1, 0.15) is 59.8 Å². The molecule has 0 aliphatic rings. The highest BCUT2D eigenvalue weighted by Crippen LogP contribution is 2.10. The molecule has 11 heteroatoms. The van der Waals surface area contributed by atoms with E-state index in [1.165, 1.54) is 0 Å². The Balaban J connectivity index is 5.21. The summed E-state index contributed by atoms with van der Waals surface area (Å²) < 4.78 is 0. The molecule has 0 saturated carbocycles. The predicted octanol–water partition coefficient (Wildman–Crippen LogP) is 0.00370. The van der Waals surface area contributed by atoms with Gasteiger partial charge in [-0.15, -0.1) is 0 Å². The Morgan fingerprint density at radius 3 is 2.00 bits per heavy atom. The maximum absolute atomic E-state index is 12.9. The first-order valence-corrected chi connectivity index (χ1v) is 11.8. The number of nitrogens with one attached hydrogen (secondary N) is 3. The van der Waals surface area contributed by atoms with Crippen LogP contribution in [0, 0.1) is 11.8 Å². The number of aliphatic carboxylic acids is 1. The van der Waals surface area contributed by atoms with E-state index in [2.05, 4.69) is 28.6 Å². The standard InChI is InChI=1S/C21H41N5O5S/c1-5-13(4)17(26-18(27)14(23)8-6-7-9-22)20(29)25-16(11-32)19(28)24-15(21(30)31)10-12(2)3/h12-17,32H,5-11,22-23H2,1-4H3,(H,24,28)(H,25,29)(H,26,27)(H,30,31). The number of rotatable bonds is 16.